The standard InChI is InChI=1S/C26H34N2O/c29-26-9-8-21(18-27-13-11-22-5-1-2-6-23(22)19-27)16-24(26)15-20-10-14-28-12-4-3-7-25(28)17-20/h1-2,5-6,8-9,16,20,25,29H,3-4,7,10-15,17-19H2. The molecule has 3 nitrogen and oxygen atoms in total. The minimum atomic E-state index is 0.490. The van der Waals surface area contributed by atoms with Gasteiger partial charge in [-0.2, -0.15) is 0 Å². The van der Waals surface area contributed by atoms with Crippen molar-refractivity contribution in [3.63, 3.8) is 0 Å². The molecule has 2 saturated heterocycles. The van der Waals surface area contributed by atoms with Crippen LogP contribution in [0.1, 0.15) is 54.4 Å². The molecule has 3 aliphatic rings. The van der Waals surface area contributed by atoms with E-state index in [1.807, 2.05) is 6.07 Å². The molecule has 3 aliphatic heterocycles. The molecule has 5 rings (SSSR count). The van der Waals surface area contributed by atoms with Crippen molar-refractivity contribution in [1.82, 2.24) is 9.80 Å². The number of aromatic hydroxyl groups is 1. The minimum absolute atomic E-state index is 0.490. The van der Waals surface area contributed by atoms with Crippen molar-refractivity contribution >= 4 is 0 Å². The van der Waals surface area contributed by atoms with Crippen LogP contribution in [-0.2, 0) is 25.9 Å². The highest BCUT2D eigenvalue weighted by Crippen LogP contribution is 2.33. The highest BCUT2D eigenvalue weighted by atomic mass is 16.3. The van der Waals surface area contributed by atoms with Crippen LogP contribution in [0, 0.1) is 5.92 Å². The van der Waals surface area contributed by atoms with Crippen LogP contribution in [-0.4, -0.2) is 40.6 Å². The number of piperidine rings is 2. The van der Waals surface area contributed by atoms with Crippen molar-refractivity contribution in [2.75, 3.05) is 19.6 Å². The quantitative estimate of drug-likeness (QED) is 0.815. The third-order valence-electron chi connectivity index (χ3n) is 7.45. The molecule has 154 valence electrons. The predicted molar refractivity (Wildman–Crippen MR) is 118 cm³/mol. The molecule has 3 heteroatoms. The van der Waals surface area contributed by atoms with Crippen LogP contribution in [0.3, 0.4) is 0 Å². The Hall–Kier alpha value is -1.84. The zero-order valence-electron chi connectivity index (χ0n) is 17.5. The second-order valence-corrected chi connectivity index (χ2v) is 9.47. The van der Waals surface area contributed by atoms with Crippen molar-refractivity contribution in [2.24, 2.45) is 5.92 Å². The van der Waals surface area contributed by atoms with Gasteiger partial charge in [0.1, 0.15) is 5.75 Å². The molecule has 2 fully saturated rings. The van der Waals surface area contributed by atoms with Crippen LogP contribution in [0.15, 0.2) is 42.5 Å². The molecule has 0 amide bonds. The lowest BCUT2D eigenvalue weighted by atomic mass is 9.82. The van der Waals surface area contributed by atoms with E-state index < -0.39 is 0 Å². The summed E-state index contributed by atoms with van der Waals surface area (Å²) in [5.74, 6) is 1.21. The number of rotatable bonds is 4. The average molecular weight is 391 g/mol. The van der Waals surface area contributed by atoms with Crippen LogP contribution < -0.4 is 0 Å². The van der Waals surface area contributed by atoms with Gasteiger partial charge < -0.3 is 10.0 Å². The van der Waals surface area contributed by atoms with Crippen LogP contribution in [0.5, 0.6) is 5.75 Å². The Balaban J connectivity index is 1.23. The normalized spacial score (nSPS) is 25.4. The number of phenolic OH excluding ortho intramolecular Hbond substituents is 1. The van der Waals surface area contributed by atoms with Crippen LogP contribution in [0.2, 0.25) is 0 Å². The first-order valence-corrected chi connectivity index (χ1v) is 11.6. The van der Waals surface area contributed by atoms with Crippen molar-refractivity contribution in [1.29, 1.82) is 0 Å². The topological polar surface area (TPSA) is 26.7 Å². The number of hydrogen-bond donors (Lipinski definition) is 1. The third-order valence-corrected chi connectivity index (χ3v) is 7.45. The smallest absolute Gasteiger partial charge is 0.118 e. The van der Waals surface area contributed by atoms with Crippen LogP contribution in [0.4, 0.5) is 0 Å². The first-order valence-electron chi connectivity index (χ1n) is 11.6. The summed E-state index contributed by atoms with van der Waals surface area (Å²) in [6.07, 6.45) is 8.92. The highest BCUT2D eigenvalue weighted by molar-refractivity contribution is 5.37. The number of benzene rings is 2. The zero-order valence-corrected chi connectivity index (χ0v) is 17.5. The Kier molecular flexibility index (Phi) is 5.61. The number of nitrogens with zero attached hydrogens (tertiary/aromatic N) is 2. The molecule has 0 radical (unpaired) electrons. The van der Waals surface area contributed by atoms with Gasteiger partial charge in [0.25, 0.3) is 0 Å². The van der Waals surface area contributed by atoms with Crippen molar-refractivity contribution in [3.05, 3.63) is 64.7 Å². The third kappa shape index (κ3) is 4.36. The molecule has 2 unspecified atom stereocenters. The van der Waals surface area contributed by atoms with E-state index in [0.717, 1.165) is 50.0 Å². The molecule has 0 aromatic heterocycles. The fourth-order valence-corrected chi connectivity index (χ4v) is 5.82. The van der Waals surface area contributed by atoms with Gasteiger partial charge in [-0.15, -0.1) is 0 Å². The Morgan fingerprint density at radius 1 is 0.931 bits per heavy atom. The van der Waals surface area contributed by atoms with Gasteiger partial charge in [-0.25, -0.2) is 0 Å². The van der Waals surface area contributed by atoms with E-state index in [2.05, 4.69) is 46.2 Å². The fraction of sp³-hybridized carbons (Fsp3) is 0.538. The van der Waals surface area contributed by atoms with Crippen LogP contribution >= 0.6 is 0 Å². The Morgan fingerprint density at radius 2 is 1.83 bits per heavy atom. The molecule has 2 aromatic carbocycles. The van der Waals surface area contributed by atoms with Gasteiger partial charge in [0.15, 0.2) is 0 Å². The van der Waals surface area contributed by atoms with E-state index >= 15 is 0 Å². The SMILES string of the molecule is Oc1ccc(CN2CCc3ccccc3C2)cc1CC1CCN2CCCCC2C1. The monoisotopic (exact) mass is 390 g/mol. The predicted octanol–water partition coefficient (Wildman–Crippen LogP) is 4.76. The Labute approximate surface area is 175 Å². The van der Waals surface area contributed by atoms with Gasteiger partial charge in [-0.3, -0.25) is 4.90 Å². The average Bonchev–Trinajstić information content (AvgIpc) is 2.76. The van der Waals surface area contributed by atoms with E-state index in [-0.39, 0.29) is 0 Å². The first-order chi connectivity index (χ1) is 14.2. The molecule has 0 bridgehead atoms. The molecule has 29 heavy (non-hydrogen) atoms. The summed E-state index contributed by atoms with van der Waals surface area (Å²) in [5, 5.41) is 10.5. The molecular weight excluding hydrogens is 356 g/mol. The summed E-state index contributed by atoms with van der Waals surface area (Å²) in [6.45, 7) is 5.68. The van der Waals surface area contributed by atoms with Crippen molar-refractivity contribution < 1.29 is 5.11 Å². The number of hydrogen-bond acceptors (Lipinski definition) is 3. The minimum Gasteiger partial charge on any atom is -0.508 e. The van der Waals surface area contributed by atoms with Gasteiger partial charge >= 0.3 is 0 Å². The Morgan fingerprint density at radius 3 is 2.76 bits per heavy atom. The van der Waals surface area contributed by atoms with E-state index in [9.17, 15) is 5.11 Å². The molecule has 2 aromatic rings. The van der Waals surface area contributed by atoms with Gasteiger partial charge in [-0.1, -0.05) is 42.8 Å². The second kappa shape index (κ2) is 8.49. The van der Waals surface area contributed by atoms with Gasteiger partial charge in [0.2, 0.25) is 0 Å². The van der Waals surface area contributed by atoms with Gasteiger partial charge in [-0.05, 0) is 85.9 Å². The maximum atomic E-state index is 10.5. The van der Waals surface area contributed by atoms with E-state index in [1.165, 1.54) is 61.9 Å². The van der Waals surface area contributed by atoms with Crippen LogP contribution in [0.25, 0.3) is 0 Å². The van der Waals surface area contributed by atoms with Crippen molar-refractivity contribution in [3.8, 4) is 5.75 Å². The van der Waals surface area contributed by atoms with Crippen molar-refractivity contribution in [2.45, 2.75) is 64.1 Å². The summed E-state index contributed by atoms with van der Waals surface area (Å²) in [4.78, 5) is 5.25. The molecule has 2 atom stereocenters. The van der Waals surface area contributed by atoms with E-state index in [1.54, 1.807) is 0 Å². The molecular formula is C26H34N2O. The molecule has 0 spiro atoms. The molecule has 0 saturated carbocycles. The lowest BCUT2D eigenvalue weighted by Crippen LogP contribution is -2.45. The first kappa shape index (κ1) is 19.1. The van der Waals surface area contributed by atoms with E-state index in [0.29, 0.717) is 5.75 Å². The number of fused-ring (bicyclic) bond motifs is 2. The maximum absolute atomic E-state index is 10.5. The summed E-state index contributed by atoms with van der Waals surface area (Å²) in [7, 11) is 0. The molecule has 3 heterocycles. The summed E-state index contributed by atoms with van der Waals surface area (Å²) in [6, 6.07) is 16.0. The summed E-state index contributed by atoms with van der Waals surface area (Å²) in [5.41, 5.74) is 5.47. The maximum Gasteiger partial charge on any atom is 0.118 e. The lowest BCUT2D eigenvalue weighted by molar-refractivity contribution is 0.0786. The molecule has 0 aliphatic carbocycles. The summed E-state index contributed by atoms with van der Waals surface area (Å²) >= 11 is 0. The largest absolute Gasteiger partial charge is 0.508 e. The van der Waals surface area contributed by atoms with E-state index in [4.69, 9.17) is 0 Å². The lowest BCUT2D eigenvalue weighted by Gasteiger charge is -2.42. The van der Waals surface area contributed by atoms with Gasteiger partial charge in [0, 0.05) is 25.7 Å². The Bertz CT molecular complexity index is 848. The zero-order chi connectivity index (χ0) is 19.6. The second-order valence-electron chi connectivity index (χ2n) is 9.47. The molecule has 1 N–H and O–H groups in total. The summed E-state index contributed by atoms with van der Waals surface area (Å²) < 4.78 is 0. The highest BCUT2D eigenvalue weighted by Gasteiger charge is 2.30. The fourth-order valence-electron chi connectivity index (χ4n) is 5.82. The van der Waals surface area contributed by atoms with Gasteiger partial charge in [0.05, 0.1) is 0 Å². The number of phenols is 1.